The number of hydrogen-bond donors (Lipinski definition) is 0. The summed E-state index contributed by atoms with van der Waals surface area (Å²) >= 11 is 3.29. The van der Waals surface area contributed by atoms with Crippen molar-refractivity contribution >= 4 is 21.8 Å². The SMILES string of the molecule is CC1CN(C(=O)c2ccccc2)CCN1CCc1ccc(Br)cc1F. The van der Waals surface area contributed by atoms with Crippen molar-refractivity contribution in [2.24, 2.45) is 0 Å². The van der Waals surface area contributed by atoms with Gasteiger partial charge in [0.05, 0.1) is 0 Å². The maximum absolute atomic E-state index is 14.0. The Labute approximate surface area is 156 Å². The highest BCUT2D eigenvalue weighted by Gasteiger charge is 2.27. The van der Waals surface area contributed by atoms with Crippen LogP contribution in [-0.4, -0.2) is 47.9 Å². The fourth-order valence-electron chi connectivity index (χ4n) is 3.26. The average molecular weight is 405 g/mol. The number of piperazine rings is 1. The van der Waals surface area contributed by atoms with E-state index in [1.54, 1.807) is 0 Å². The molecular formula is C20H22BrFN2O. The smallest absolute Gasteiger partial charge is 0.253 e. The van der Waals surface area contributed by atoms with E-state index in [-0.39, 0.29) is 17.8 Å². The zero-order valence-corrected chi connectivity index (χ0v) is 15.9. The van der Waals surface area contributed by atoms with Crippen molar-refractivity contribution in [1.29, 1.82) is 0 Å². The molecule has 5 heteroatoms. The van der Waals surface area contributed by atoms with Crippen LogP contribution in [0, 0.1) is 5.82 Å². The predicted octanol–water partition coefficient (Wildman–Crippen LogP) is 3.98. The minimum absolute atomic E-state index is 0.0889. The van der Waals surface area contributed by atoms with E-state index < -0.39 is 0 Å². The number of carbonyl (C=O) groups is 1. The van der Waals surface area contributed by atoms with Gasteiger partial charge in [-0.1, -0.05) is 40.2 Å². The Morgan fingerprint density at radius 3 is 2.64 bits per heavy atom. The van der Waals surface area contributed by atoms with Crippen molar-refractivity contribution in [2.45, 2.75) is 19.4 Å². The van der Waals surface area contributed by atoms with Gasteiger partial charge >= 0.3 is 0 Å². The number of rotatable bonds is 4. The lowest BCUT2D eigenvalue weighted by atomic mass is 10.1. The molecule has 1 unspecified atom stereocenters. The van der Waals surface area contributed by atoms with Gasteiger partial charge in [-0.25, -0.2) is 4.39 Å². The maximum atomic E-state index is 14.0. The standard InChI is InChI=1S/C20H22BrFN2O/c1-15-14-24(20(25)17-5-3-2-4-6-17)12-11-23(15)10-9-16-7-8-18(21)13-19(16)22/h2-8,13,15H,9-12,14H2,1H3. The van der Waals surface area contributed by atoms with E-state index in [0.717, 1.165) is 28.7 Å². The molecular weight excluding hydrogens is 383 g/mol. The first-order valence-corrected chi connectivity index (χ1v) is 9.36. The van der Waals surface area contributed by atoms with Crippen LogP contribution < -0.4 is 0 Å². The number of halogens is 2. The molecule has 0 bridgehead atoms. The minimum atomic E-state index is -0.167. The van der Waals surface area contributed by atoms with Crippen molar-refractivity contribution in [2.75, 3.05) is 26.2 Å². The lowest BCUT2D eigenvalue weighted by Gasteiger charge is -2.40. The molecule has 0 N–H and O–H groups in total. The van der Waals surface area contributed by atoms with Crippen LogP contribution in [0.1, 0.15) is 22.8 Å². The van der Waals surface area contributed by atoms with Crippen LogP contribution in [-0.2, 0) is 6.42 Å². The zero-order chi connectivity index (χ0) is 17.8. The summed E-state index contributed by atoms with van der Waals surface area (Å²) in [6.45, 7) is 5.16. The second kappa shape index (κ2) is 8.11. The topological polar surface area (TPSA) is 23.6 Å². The molecule has 2 aromatic rings. The van der Waals surface area contributed by atoms with Gasteiger partial charge in [0.2, 0.25) is 0 Å². The van der Waals surface area contributed by atoms with Crippen molar-refractivity contribution in [3.05, 3.63) is 69.9 Å². The number of benzene rings is 2. The third-order valence-corrected chi connectivity index (χ3v) is 5.25. The summed E-state index contributed by atoms with van der Waals surface area (Å²) in [6.07, 6.45) is 0.677. The van der Waals surface area contributed by atoms with Gasteiger partial charge in [0, 0.05) is 42.3 Å². The minimum Gasteiger partial charge on any atom is -0.336 e. The van der Waals surface area contributed by atoms with Crippen LogP contribution in [0.2, 0.25) is 0 Å². The van der Waals surface area contributed by atoms with Crippen molar-refractivity contribution in [3.8, 4) is 0 Å². The Hall–Kier alpha value is -1.72. The summed E-state index contributed by atoms with van der Waals surface area (Å²) in [5.41, 5.74) is 1.47. The molecule has 1 aliphatic rings. The Kier molecular flexibility index (Phi) is 5.86. The summed E-state index contributed by atoms with van der Waals surface area (Å²) in [5.74, 6) is -0.0778. The maximum Gasteiger partial charge on any atom is 0.253 e. The Morgan fingerprint density at radius 2 is 1.96 bits per heavy atom. The highest BCUT2D eigenvalue weighted by Crippen LogP contribution is 2.18. The molecule has 2 aromatic carbocycles. The highest BCUT2D eigenvalue weighted by atomic mass is 79.9. The zero-order valence-electron chi connectivity index (χ0n) is 14.3. The Balaban J connectivity index is 1.56. The molecule has 1 aliphatic heterocycles. The highest BCUT2D eigenvalue weighted by molar-refractivity contribution is 9.10. The Bertz CT molecular complexity index is 738. The van der Waals surface area contributed by atoms with E-state index in [2.05, 4.69) is 27.8 Å². The largest absolute Gasteiger partial charge is 0.336 e. The quantitative estimate of drug-likeness (QED) is 0.769. The molecule has 0 spiro atoms. The first kappa shape index (κ1) is 18.1. The monoisotopic (exact) mass is 404 g/mol. The number of amides is 1. The van der Waals surface area contributed by atoms with Gasteiger partial charge in [-0.3, -0.25) is 9.69 Å². The second-order valence-corrected chi connectivity index (χ2v) is 7.40. The van der Waals surface area contributed by atoms with Crippen molar-refractivity contribution < 1.29 is 9.18 Å². The summed E-state index contributed by atoms with van der Waals surface area (Å²) in [5, 5.41) is 0. The van der Waals surface area contributed by atoms with E-state index in [1.165, 1.54) is 6.07 Å². The van der Waals surface area contributed by atoms with Crippen LogP contribution in [0.4, 0.5) is 4.39 Å². The number of hydrogen-bond acceptors (Lipinski definition) is 2. The molecule has 25 heavy (non-hydrogen) atoms. The van der Waals surface area contributed by atoms with E-state index in [0.29, 0.717) is 19.5 Å². The van der Waals surface area contributed by atoms with Crippen LogP contribution in [0.3, 0.4) is 0 Å². The van der Waals surface area contributed by atoms with Gasteiger partial charge in [0.25, 0.3) is 5.91 Å². The van der Waals surface area contributed by atoms with Crippen LogP contribution in [0.5, 0.6) is 0 Å². The molecule has 1 fully saturated rings. The molecule has 1 atom stereocenters. The van der Waals surface area contributed by atoms with Gasteiger partial charge in [0.15, 0.2) is 0 Å². The van der Waals surface area contributed by atoms with Gasteiger partial charge < -0.3 is 4.90 Å². The van der Waals surface area contributed by atoms with E-state index in [9.17, 15) is 9.18 Å². The number of nitrogens with zero attached hydrogens (tertiary/aromatic N) is 2. The summed E-state index contributed by atoms with van der Waals surface area (Å²) in [7, 11) is 0. The van der Waals surface area contributed by atoms with Gasteiger partial charge in [-0.2, -0.15) is 0 Å². The molecule has 3 nitrogen and oxygen atoms in total. The normalized spacial score (nSPS) is 18.4. The third kappa shape index (κ3) is 4.47. The molecule has 0 radical (unpaired) electrons. The molecule has 132 valence electrons. The van der Waals surface area contributed by atoms with Crippen LogP contribution in [0.15, 0.2) is 53.0 Å². The predicted molar refractivity (Wildman–Crippen MR) is 101 cm³/mol. The molecule has 3 rings (SSSR count). The van der Waals surface area contributed by atoms with Crippen LogP contribution in [0.25, 0.3) is 0 Å². The second-order valence-electron chi connectivity index (χ2n) is 6.49. The molecule has 1 amide bonds. The van der Waals surface area contributed by atoms with Crippen molar-refractivity contribution in [3.63, 3.8) is 0 Å². The van der Waals surface area contributed by atoms with E-state index >= 15 is 0 Å². The first-order valence-electron chi connectivity index (χ1n) is 8.57. The summed E-state index contributed by atoms with van der Waals surface area (Å²) in [6, 6.07) is 14.9. The Morgan fingerprint density at radius 1 is 1.20 bits per heavy atom. The molecule has 1 saturated heterocycles. The number of carbonyl (C=O) groups excluding carboxylic acids is 1. The lowest BCUT2D eigenvalue weighted by Crippen LogP contribution is -2.54. The molecule has 0 aliphatic carbocycles. The summed E-state index contributed by atoms with van der Waals surface area (Å²) < 4.78 is 14.7. The molecule has 0 saturated carbocycles. The molecule has 0 aromatic heterocycles. The van der Waals surface area contributed by atoms with Crippen molar-refractivity contribution in [1.82, 2.24) is 9.80 Å². The molecule has 1 heterocycles. The fraction of sp³-hybridized carbons (Fsp3) is 0.350. The summed E-state index contributed by atoms with van der Waals surface area (Å²) in [4.78, 5) is 16.8. The van der Waals surface area contributed by atoms with Gasteiger partial charge in [-0.15, -0.1) is 0 Å². The van der Waals surface area contributed by atoms with Gasteiger partial charge in [0.1, 0.15) is 5.82 Å². The first-order chi connectivity index (χ1) is 12.0. The van der Waals surface area contributed by atoms with E-state index in [4.69, 9.17) is 0 Å². The van der Waals surface area contributed by atoms with Gasteiger partial charge in [-0.05, 0) is 43.2 Å². The van der Waals surface area contributed by atoms with Crippen LogP contribution >= 0.6 is 15.9 Å². The third-order valence-electron chi connectivity index (χ3n) is 4.76. The fourth-order valence-corrected chi connectivity index (χ4v) is 3.60. The average Bonchev–Trinajstić information content (AvgIpc) is 2.62. The van der Waals surface area contributed by atoms with E-state index in [1.807, 2.05) is 47.4 Å². The lowest BCUT2D eigenvalue weighted by molar-refractivity contribution is 0.0517.